The molecule has 0 saturated carbocycles. The topological polar surface area (TPSA) is 59.8 Å². The molecule has 0 unspecified atom stereocenters. The van der Waals surface area contributed by atoms with E-state index in [0.717, 1.165) is 35.5 Å². The number of hydrogen-bond donors (Lipinski definition) is 1. The van der Waals surface area contributed by atoms with Crippen molar-refractivity contribution in [3.8, 4) is 0 Å². The van der Waals surface area contributed by atoms with E-state index in [-0.39, 0.29) is 16.5 Å². The molecule has 3 rings (SSSR count). The van der Waals surface area contributed by atoms with Crippen LogP contribution in [0.25, 0.3) is 0 Å². The van der Waals surface area contributed by atoms with Crippen LogP contribution in [0.3, 0.4) is 0 Å². The van der Waals surface area contributed by atoms with Crippen LogP contribution in [0.4, 0.5) is 18.9 Å². The van der Waals surface area contributed by atoms with E-state index in [1.54, 1.807) is 18.2 Å². The third-order valence-electron chi connectivity index (χ3n) is 4.28. The second kappa shape index (κ2) is 10.4. The Morgan fingerprint density at radius 2 is 1.88 bits per heavy atom. The maximum atomic E-state index is 12.9. The summed E-state index contributed by atoms with van der Waals surface area (Å²) in [7, 11) is 0. The van der Waals surface area contributed by atoms with Crippen molar-refractivity contribution in [2.24, 2.45) is 0 Å². The quantitative estimate of drug-likeness (QED) is 0.299. The normalized spacial score (nSPS) is 11.4. The molecule has 5 nitrogen and oxygen atoms in total. The van der Waals surface area contributed by atoms with Gasteiger partial charge in [0.1, 0.15) is 5.82 Å². The highest BCUT2D eigenvalue weighted by molar-refractivity contribution is 7.99. The number of aromatic nitrogens is 3. The molecule has 0 fully saturated rings. The molecule has 0 aliphatic rings. The number of alkyl halides is 3. The fraction of sp³-hybridized carbons (Fsp3) is 0.190. The summed E-state index contributed by atoms with van der Waals surface area (Å²) in [5, 5.41) is 11.9. The number of allylic oxidation sites excluding steroid dienone is 1. The molecule has 0 saturated heterocycles. The fourth-order valence-corrected chi connectivity index (χ4v) is 3.83. The van der Waals surface area contributed by atoms with Crippen molar-refractivity contribution in [1.29, 1.82) is 0 Å². The van der Waals surface area contributed by atoms with Crippen molar-refractivity contribution >= 4 is 46.6 Å². The lowest BCUT2D eigenvalue weighted by atomic mass is 10.1. The van der Waals surface area contributed by atoms with Gasteiger partial charge in [-0.2, -0.15) is 13.2 Å². The van der Waals surface area contributed by atoms with Gasteiger partial charge in [0.05, 0.1) is 22.0 Å². The average Bonchev–Trinajstić information content (AvgIpc) is 3.10. The number of anilines is 1. The number of amides is 1. The average molecular weight is 501 g/mol. The second-order valence-electron chi connectivity index (χ2n) is 6.63. The van der Waals surface area contributed by atoms with Gasteiger partial charge in [0.25, 0.3) is 0 Å². The van der Waals surface area contributed by atoms with Crippen LogP contribution in [-0.4, -0.2) is 26.4 Å². The highest BCUT2D eigenvalue weighted by Gasteiger charge is 2.31. The smallest absolute Gasteiger partial charge is 0.324 e. The molecule has 1 N–H and O–H groups in total. The molecule has 1 amide bonds. The van der Waals surface area contributed by atoms with E-state index in [1.807, 2.05) is 16.7 Å². The largest absolute Gasteiger partial charge is 0.416 e. The number of rotatable bonds is 8. The first-order chi connectivity index (χ1) is 15.2. The zero-order chi connectivity index (χ0) is 23.3. The number of nitrogens with zero attached hydrogens (tertiary/aromatic N) is 3. The number of thioether (sulfide) groups is 1. The Morgan fingerprint density at radius 1 is 1.16 bits per heavy atom. The Bertz CT molecular complexity index is 1120. The van der Waals surface area contributed by atoms with E-state index in [1.165, 1.54) is 0 Å². The zero-order valence-electron chi connectivity index (χ0n) is 16.5. The molecule has 1 aromatic heterocycles. The summed E-state index contributed by atoms with van der Waals surface area (Å²) in [6, 6.07) is 10.1. The van der Waals surface area contributed by atoms with Crippen molar-refractivity contribution in [3.63, 3.8) is 0 Å². The van der Waals surface area contributed by atoms with Crippen LogP contribution in [0.2, 0.25) is 10.0 Å². The standard InChI is InChI=1S/C21H17Cl2F3N4OS/c1-2-9-30-18(10-13-3-6-15(22)7-4-13)28-29-20(30)32-12-19(31)27-17-11-14(21(24,25)26)5-8-16(17)23/h2-8,11H,1,9-10,12H2,(H,27,31). The first-order valence-corrected chi connectivity index (χ1v) is 11.0. The Kier molecular flexibility index (Phi) is 7.86. The summed E-state index contributed by atoms with van der Waals surface area (Å²) in [4.78, 5) is 12.3. The van der Waals surface area contributed by atoms with Gasteiger partial charge >= 0.3 is 6.18 Å². The van der Waals surface area contributed by atoms with Crippen molar-refractivity contribution in [3.05, 3.63) is 82.1 Å². The summed E-state index contributed by atoms with van der Waals surface area (Å²) < 4.78 is 40.5. The summed E-state index contributed by atoms with van der Waals surface area (Å²) in [6.07, 6.45) is -2.35. The lowest BCUT2D eigenvalue weighted by Gasteiger charge is -2.12. The van der Waals surface area contributed by atoms with Gasteiger partial charge in [-0.1, -0.05) is 53.2 Å². The molecule has 0 atom stereocenters. The van der Waals surface area contributed by atoms with Gasteiger partial charge in [-0.15, -0.1) is 16.8 Å². The molecule has 0 radical (unpaired) electrons. The number of carbonyl (C=O) groups is 1. The molecular weight excluding hydrogens is 484 g/mol. The number of benzene rings is 2. The Labute approximate surface area is 196 Å². The second-order valence-corrected chi connectivity index (χ2v) is 8.42. The Balaban J connectivity index is 1.69. The molecule has 0 spiro atoms. The highest BCUT2D eigenvalue weighted by Crippen LogP contribution is 2.34. The first-order valence-electron chi connectivity index (χ1n) is 9.24. The van der Waals surface area contributed by atoms with Gasteiger partial charge in [-0.05, 0) is 35.9 Å². The number of nitrogens with one attached hydrogen (secondary N) is 1. The van der Waals surface area contributed by atoms with Gasteiger partial charge in [0.2, 0.25) is 5.91 Å². The number of halogens is 5. The summed E-state index contributed by atoms with van der Waals surface area (Å²) in [5.74, 6) is 0.0580. The molecule has 1 heterocycles. The molecule has 11 heteroatoms. The highest BCUT2D eigenvalue weighted by atomic mass is 35.5. The van der Waals surface area contributed by atoms with Crippen LogP contribution in [0.15, 0.2) is 60.3 Å². The van der Waals surface area contributed by atoms with E-state index in [9.17, 15) is 18.0 Å². The number of hydrogen-bond acceptors (Lipinski definition) is 4. The van der Waals surface area contributed by atoms with Gasteiger partial charge < -0.3 is 9.88 Å². The van der Waals surface area contributed by atoms with E-state index in [0.29, 0.717) is 29.0 Å². The molecular formula is C21H17Cl2F3N4OS. The van der Waals surface area contributed by atoms with Crippen LogP contribution in [-0.2, 0) is 23.9 Å². The first kappa shape index (κ1) is 24.2. The molecule has 3 aromatic rings. The molecule has 168 valence electrons. The van der Waals surface area contributed by atoms with Gasteiger partial charge in [-0.25, -0.2) is 0 Å². The van der Waals surface area contributed by atoms with Gasteiger partial charge in [0.15, 0.2) is 5.16 Å². The monoisotopic (exact) mass is 500 g/mol. The maximum absolute atomic E-state index is 12.9. The predicted octanol–water partition coefficient (Wildman–Crippen LogP) is 6.11. The number of carbonyl (C=O) groups excluding carboxylic acids is 1. The molecule has 2 aromatic carbocycles. The summed E-state index contributed by atoms with van der Waals surface area (Å²) in [5.41, 5.74) is -0.0221. The lowest BCUT2D eigenvalue weighted by Crippen LogP contribution is -2.16. The maximum Gasteiger partial charge on any atom is 0.416 e. The van der Waals surface area contributed by atoms with Gasteiger partial charge in [-0.3, -0.25) is 4.79 Å². The zero-order valence-corrected chi connectivity index (χ0v) is 18.8. The molecule has 0 bridgehead atoms. The van der Waals surface area contributed by atoms with E-state index in [2.05, 4.69) is 22.1 Å². The van der Waals surface area contributed by atoms with Crippen molar-refractivity contribution in [2.45, 2.75) is 24.3 Å². The predicted molar refractivity (Wildman–Crippen MR) is 120 cm³/mol. The molecule has 0 aliphatic carbocycles. The van der Waals surface area contributed by atoms with Crippen LogP contribution < -0.4 is 5.32 Å². The van der Waals surface area contributed by atoms with Crippen molar-refractivity contribution < 1.29 is 18.0 Å². The minimum absolute atomic E-state index is 0.0106. The van der Waals surface area contributed by atoms with Crippen molar-refractivity contribution in [1.82, 2.24) is 14.8 Å². The molecule has 32 heavy (non-hydrogen) atoms. The van der Waals surface area contributed by atoms with E-state index < -0.39 is 17.6 Å². The van der Waals surface area contributed by atoms with Crippen molar-refractivity contribution in [2.75, 3.05) is 11.1 Å². The third kappa shape index (κ3) is 6.27. The fourth-order valence-electron chi connectivity index (χ4n) is 2.77. The summed E-state index contributed by atoms with van der Waals surface area (Å²) >= 11 is 13.0. The third-order valence-corrected chi connectivity index (χ3v) is 5.83. The van der Waals surface area contributed by atoms with Crippen LogP contribution in [0, 0.1) is 0 Å². The van der Waals surface area contributed by atoms with Crippen LogP contribution >= 0.6 is 35.0 Å². The SMILES string of the molecule is C=CCn1c(Cc2ccc(Cl)cc2)nnc1SCC(=O)Nc1cc(C(F)(F)F)ccc1Cl. The lowest BCUT2D eigenvalue weighted by molar-refractivity contribution is -0.137. The summed E-state index contributed by atoms with van der Waals surface area (Å²) in [6.45, 7) is 4.17. The minimum atomic E-state index is -4.54. The van der Waals surface area contributed by atoms with Gasteiger partial charge in [0, 0.05) is 18.0 Å². The van der Waals surface area contributed by atoms with Crippen LogP contribution in [0.1, 0.15) is 17.0 Å². The minimum Gasteiger partial charge on any atom is -0.324 e. The van der Waals surface area contributed by atoms with E-state index >= 15 is 0 Å². The Hall–Kier alpha value is -2.49. The van der Waals surface area contributed by atoms with E-state index in [4.69, 9.17) is 23.2 Å². The Morgan fingerprint density at radius 3 is 2.53 bits per heavy atom. The van der Waals surface area contributed by atoms with Crippen LogP contribution in [0.5, 0.6) is 0 Å². The molecule has 0 aliphatic heterocycles.